The molecule has 1 aromatic carbocycles. The van der Waals surface area contributed by atoms with Crippen LogP contribution in [0.2, 0.25) is 0 Å². The van der Waals surface area contributed by atoms with Crippen LogP contribution in [0.3, 0.4) is 0 Å². The van der Waals surface area contributed by atoms with Gasteiger partial charge in [0.05, 0.1) is 11.9 Å². The largest absolute Gasteiger partial charge is 0.573 e. The van der Waals surface area contributed by atoms with Crippen molar-refractivity contribution in [2.45, 2.75) is 24.4 Å². The van der Waals surface area contributed by atoms with Crippen molar-refractivity contribution in [2.75, 3.05) is 11.1 Å². The average Bonchev–Trinajstić information content (AvgIpc) is 3.00. The highest BCUT2D eigenvalue weighted by molar-refractivity contribution is 7.93. The van der Waals surface area contributed by atoms with Crippen molar-refractivity contribution in [3.8, 4) is 11.5 Å². The third kappa shape index (κ3) is 4.43. The number of sulfone groups is 1. The first-order chi connectivity index (χ1) is 11.9. The van der Waals surface area contributed by atoms with Crippen molar-refractivity contribution in [3.63, 3.8) is 0 Å². The van der Waals surface area contributed by atoms with E-state index in [1.54, 1.807) is 0 Å². The fraction of sp³-hybridized carbons (Fsp3) is 0.286. The van der Waals surface area contributed by atoms with E-state index in [-0.39, 0.29) is 26.2 Å². The van der Waals surface area contributed by atoms with Crippen LogP contribution in [0.4, 0.5) is 18.3 Å². The molecule has 0 aliphatic rings. The molecular weight excluding hydrogens is 397 g/mol. The van der Waals surface area contributed by atoms with E-state index in [1.807, 2.05) is 0 Å². The number of carbonyl (C=O) groups is 1. The second kappa shape index (κ2) is 7.11. The molecule has 0 saturated carbocycles. The molecule has 0 aliphatic heterocycles. The molecule has 26 heavy (non-hydrogen) atoms. The van der Waals surface area contributed by atoms with Gasteiger partial charge in [-0.1, -0.05) is 18.3 Å². The van der Waals surface area contributed by atoms with E-state index in [4.69, 9.17) is 0 Å². The molecule has 12 heteroatoms. The molecule has 2 rings (SSSR count). The number of nitrogens with one attached hydrogen (secondary N) is 1. The molecule has 0 aliphatic carbocycles. The average molecular weight is 410 g/mol. The van der Waals surface area contributed by atoms with E-state index in [0.29, 0.717) is 0 Å². The van der Waals surface area contributed by atoms with Crippen LogP contribution in [-0.2, 0) is 9.84 Å². The van der Waals surface area contributed by atoms with Crippen LogP contribution in [0.1, 0.15) is 22.8 Å². The highest BCUT2D eigenvalue weighted by Crippen LogP contribution is 2.36. The first-order valence-electron chi connectivity index (χ1n) is 7.03. The van der Waals surface area contributed by atoms with Crippen LogP contribution in [0.15, 0.2) is 22.5 Å². The SMILES string of the molecule is CCS(=O)(=O)c1cnc(NC(=O)c2ccc(OC(F)(F)F)c(O)c2C)s1. The Kier molecular flexibility index (Phi) is 5.47. The summed E-state index contributed by atoms with van der Waals surface area (Å²) in [5, 5.41) is 12.1. The maximum absolute atomic E-state index is 12.3. The highest BCUT2D eigenvalue weighted by Gasteiger charge is 2.33. The third-order valence-electron chi connectivity index (χ3n) is 3.26. The van der Waals surface area contributed by atoms with Gasteiger partial charge in [-0.05, 0) is 19.1 Å². The lowest BCUT2D eigenvalue weighted by atomic mass is 10.1. The lowest BCUT2D eigenvalue weighted by Crippen LogP contribution is -2.18. The maximum Gasteiger partial charge on any atom is 0.573 e. The van der Waals surface area contributed by atoms with E-state index in [1.165, 1.54) is 13.8 Å². The molecule has 1 heterocycles. The molecule has 142 valence electrons. The van der Waals surface area contributed by atoms with Crippen LogP contribution >= 0.6 is 11.3 Å². The van der Waals surface area contributed by atoms with Crippen molar-refractivity contribution in [2.24, 2.45) is 0 Å². The van der Waals surface area contributed by atoms with E-state index in [2.05, 4.69) is 15.0 Å². The minimum absolute atomic E-state index is 0.00321. The molecule has 0 atom stereocenters. The Morgan fingerprint density at radius 3 is 2.62 bits per heavy atom. The van der Waals surface area contributed by atoms with Crippen molar-refractivity contribution in [3.05, 3.63) is 29.5 Å². The third-order valence-corrected chi connectivity index (χ3v) is 6.45. The molecule has 0 bridgehead atoms. The summed E-state index contributed by atoms with van der Waals surface area (Å²) in [6.45, 7) is 2.70. The summed E-state index contributed by atoms with van der Waals surface area (Å²) < 4.78 is 63.9. The fourth-order valence-electron chi connectivity index (χ4n) is 1.90. The van der Waals surface area contributed by atoms with Crippen LogP contribution in [0.5, 0.6) is 11.5 Å². The molecule has 7 nitrogen and oxygen atoms in total. The van der Waals surface area contributed by atoms with Crippen molar-refractivity contribution < 1.29 is 36.2 Å². The van der Waals surface area contributed by atoms with Crippen LogP contribution in [-0.4, -0.2) is 36.5 Å². The summed E-state index contributed by atoms with van der Waals surface area (Å²) in [4.78, 5) is 16.0. The van der Waals surface area contributed by atoms with Gasteiger partial charge in [0.1, 0.15) is 4.21 Å². The Morgan fingerprint density at radius 1 is 1.38 bits per heavy atom. The Hall–Kier alpha value is -2.34. The van der Waals surface area contributed by atoms with E-state index in [9.17, 15) is 31.5 Å². The topological polar surface area (TPSA) is 106 Å². The number of thiazole rings is 1. The van der Waals surface area contributed by atoms with Gasteiger partial charge in [0.2, 0.25) is 0 Å². The summed E-state index contributed by atoms with van der Waals surface area (Å²) >= 11 is 0.742. The zero-order chi connectivity index (χ0) is 19.7. The second-order valence-electron chi connectivity index (χ2n) is 4.97. The summed E-state index contributed by atoms with van der Waals surface area (Å²) in [5.41, 5.74) is -0.255. The smallest absolute Gasteiger partial charge is 0.504 e. The Morgan fingerprint density at radius 2 is 2.04 bits per heavy atom. The predicted octanol–water partition coefficient (Wildman–Crippen LogP) is 3.10. The molecule has 1 aromatic heterocycles. The molecule has 0 spiro atoms. The van der Waals surface area contributed by atoms with Crippen molar-refractivity contribution in [1.82, 2.24) is 4.98 Å². The van der Waals surface area contributed by atoms with E-state index < -0.39 is 33.6 Å². The number of rotatable bonds is 5. The molecule has 2 N–H and O–H groups in total. The lowest BCUT2D eigenvalue weighted by Gasteiger charge is -2.13. The van der Waals surface area contributed by atoms with Gasteiger partial charge in [0.25, 0.3) is 5.91 Å². The van der Waals surface area contributed by atoms with Crippen LogP contribution in [0.25, 0.3) is 0 Å². The van der Waals surface area contributed by atoms with Gasteiger partial charge in [-0.3, -0.25) is 10.1 Å². The summed E-state index contributed by atoms with van der Waals surface area (Å²) in [6.07, 6.45) is -3.89. The number of amides is 1. The van der Waals surface area contributed by atoms with E-state index >= 15 is 0 Å². The maximum atomic E-state index is 12.3. The number of alkyl halides is 3. The van der Waals surface area contributed by atoms with Gasteiger partial charge in [0, 0.05) is 11.1 Å². The van der Waals surface area contributed by atoms with Crippen molar-refractivity contribution >= 4 is 32.2 Å². The molecule has 1 amide bonds. The van der Waals surface area contributed by atoms with Crippen molar-refractivity contribution in [1.29, 1.82) is 0 Å². The number of ether oxygens (including phenoxy) is 1. The molecule has 0 fully saturated rings. The molecule has 0 radical (unpaired) electrons. The molecule has 0 unspecified atom stereocenters. The monoisotopic (exact) mass is 410 g/mol. The van der Waals surface area contributed by atoms with Gasteiger partial charge in [0.15, 0.2) is 26.5 Å². The Balaban J connectivity index is 2.24. The quantitative estimate of drug-likeness (QED) is 0.785. The first-order valence-corrected chi connectivity index (χ1v) is 9.49. The molecular formula is C14H13F3N2O5S2. The first kappa shape index (κ1) is 20.0. The number of aromatic hydroxyl groups is 1. The summed E-state index contributed by atoms with van der Waals surface area (Å²) in [5.74, 6) is -2.57. The number of anilines is 1. The van der Waals surface area contributed by atoms with Gasteiger partial charge in [-0.2, -0.15) is 0 Å². The number of benzene rings is 1. The zero-order valence-electron chi connectivity index (χ0n) is 13.4. The molecule has 2 aromatic rings. The minimum atomic E-state index is -4.99. The summed E-state index contributed by atoms with van der Waals surface area (Å²) in [7, 11) is -3.47. The van der Waals surface area contributed by atoms with Gasteiger partial charge < -0.3 is 9.84 Å². The minimum Gasteiger partial charge on any atom is -0.504 e. The van der Waals surface area contributed by atoms with Crippen LogP contribution < -0.4 is 10.1 Å². The standard InChI is InChI=1S/C14H13F3N2O5S2/c1-3-26(22,23)10-6-18-13(25-10)19-12(21)8-4-5-9(11(20)7(8)2)24-14(15,16)17/h4-6,20H,3H2,1-2H3,(H,18,19,21). The number of carbonyl (C=O) groups excluding carboxylic acids is 1. The summed E-state index contributed by atoms with van der Waals surface area (Å²) in [6, 6.07) is 1.85. The zero-order valence-corrected chi connectivity index (χ0v) is 15.0. The number of phenolic OH excluding ortho intramolecular Hbond substituents is 1. The number of hydrogen-bond acceptors (Lipinski definition) is 7. The van der Waals surface area contributed by atoms with Gasteiger partial charge in [-0.25, -0.2) is 13.4 Å². The number of aromatic nitrogens is 1. The Labute approximate surface area is 150 Å². The Bertz CT molecular complexity index is 939. The van der Waals surface area contributed by atoms with Gasteiger partial charge >= 0.3 is 6.36 Å². The van der Waals surface area contributed by atoms with E-state index in [0.717, 1.165) is 29.7 Å². The number of hydrogen-bond donors (Lipinski definition) is 2. The highest BCUT2D eigenvalue weighted by atomic mass is 32.2. The van der Waals surface area contributed by atoms with Crippen LogP contribution in [0, 0.1) is 6.92 Å². The van der Waals surface area contributed by atoms with Gasteiger partial charge in [-0.15, -0.1) is 13.2 Å². The predicted molar refractivity (Wildman–Crippen MR) is 87.3 cm³/mol. The number of phenols is 1. The molecule has 0 saturated heterocycles. The number of nitrogens with zero attached hydrogens (tertiary/aromatic N) is 1. The number of halogens is 3. The lowest BCUT2D eigenvalue weighted by molar-refractivity contribution is -0.275. The fourth-order valence-corrected chi connectivity index (χ4v) is 4.04. The normalized spacial score (nSPS) is 12.0. The second-order valence-corrected chi connectivity index (χ2v) is 8.51.